The minimum atomic E-state index is -1.27. The second kappa shape index (κ2) is 5.32. The number of aromatic nitrogens is 2. The van der Waals surface area contributed by atoms with Gasteiger partial charge in [0.25, 0.3) is 5.91 Å². The molecule has 1 atom stereocenters. The van der Waals surface area contributed by atoms with Gasteiger partial charge in [-0.05, 0) is 19.4 Å². The maximum absolute atomic E-state index is 12.3. The Kier molecular flexibility index (Phi) is 3.74. The summed E-state index contributed by atoms with van der Waals surface area (Å²) in [5.41, 5.74) is -0.272. The van der Waals surface area contributed by atoms with Gasteiger partial charge in [0.2, 0.25) is 0 Å². The first-order valence-electron chi connectivity index (χ1n) is 6.46. The summed E-state index contributed by atoms with van der Waals surface area (Å²) >= 11 is 0. The highest BCUT2D eigenvalue weighted by Gasteiger charge is 2.34. The third-order valence-electron chi connectivity index (χ3n) is 3.33. The molecule has 6 nitrogen and oxygen atoms in total. The number of para-hydroxylation sites is 1. The van der Waals surface area contributed by atoms with E-state index in [9.17, 15) is 14.7 Å². The van der Waals surface area contributed by atoms with Gasteiger partial charge in [-0.15, -0.1) is 0 Å². The summed E-state index contributed by atoms with van der Waals surface area (Å²) in [6.07, 6.45) is 2.65. The lowest BCUT2D eigenvalue weighted by atomic mass is 9.95. The Morgan fingerprint density at radius 1 is 1.45 bits per heavy atom. The van der Waals surface area contributed by atoms with Crippen molar-refractivity contribution in [2.24, 2.45) is 0 Å². The average Bonchev–Trinajstić information content (AvgIpc) is 2.86. The van der Waals surface area contributed by atoms with Crippen molar-refractivity contribution < 1.29 is 14.7 Å². The first kappa shape index (κ1) is 14.0. The van der Waals surface area contributed by atoms with Crippen molar-refractivity contribution in [3.05, 3.63) is 30.0 Å². The summed E-state index contributed by atoms with van der Waals surface area (Å²) in [4.78, 5) is 23.7. The van der Waals surface area contributed by atoms with Gasteiger partial charge in [-0.25, -0.2) is 4.79 Å². The Hall–Kier alpha value is -2.37. The predicted molar refractivity (Wildman–Crippen MR) is 74.5 cm³/mol. The lowest BCUT2D eigenvalue weighted by Crippen LogP contribution is -2.52. The van der Waals surface area contributed by atoms with Crippen molar-refractivity contribution in [2.75, 3.05) is 0 Å². The summed E-state index contributed by atoms with van der Waals surface area (Å²) in [5.74, 6) is -1.46. The van der Waals surface area contributed by atoms with E-state index in [1.54, 1.807) is 18.3 Å². The van der Waals surface area contributed by atoms with Crippen molar-refractivity contribution in [1.29, 1.82) is 0 Å². The van der Waals surface area contributed by atoms with Crippen LogP contribution in [0.15, 0.2) is 24.4 Å². The molecule has 1 aromatic heterocycles. The number of hydrogen-bond acceptors (Lipinski definition) is 3. The van der Waals surface area contributed by atoms with Crippen LogP contribution >= 0.6 is 0 Å². The van der Waals surface area contributed by atoms with Gasteiger partial charge < -0.3 is 10.4 Å². The number of carboxylic acid groups (broad SMARTS) is 1. The number of rotatable bonds is 5. The van der Waals surface area contributed by atoms with Gasteiger partial charge in [0.05, 0.1) is 17.3 Å². The van der Waals surface area contributed by atoms with Crippen molar-refractivity contribution in [3.8, 4) is 0 Å². The van der Waals surface area contributed by atoms with Crippen LogP contribution in [-0.4, -0.2) is 32.7 Å². The summed E-state index contributed by atoms with van der Waals surface area (Å²) < 4.78 is 0. The van der Waals surface area contributed by atoms with Gasteiger partial charge in [0.1, 0.15) is 5.54 Å². The molecule has 6 heteroatoms. The standard InChI is InChI=1S/C14H17N3O3/c1-3-7-14(2,13(19)20)16-12(18)10-6-4-5-9-8-15-17-11(9)10/h4-6,8H,3,7H2,1-2H3,(H,15,17)(H,16,18)(H,19,20). The molecule has 0 aliphatic heterocycles. The third kappa shape index (κ3) is 2.49. The number of amides is 1. The van der Waals surface area contributed by atoms with E-state index in [0.29, 0.717) is 23.9 Å². The molecule has 1 unspecified atom stereocenters. The molecule has 0 aliphatic carbocycles. The molecule has 0 saturated heterocycles. The van der Waals surface area contributed by atoms with Crippen LogP contribution in [0.25, 0.3) is 10.9 Å². The van der Waals surface area contributed by atoms with Gasteiger partial charge in [-0.2, -0.15) is 5.10 Å². The van der Waals surface area contributed by atoms with Gasteiger partial charge in [-0.3, -0.25) is 9.89 Å². The maximum atomic E-state index is 12.3. The summed E-state index contributed by atoms with van der Waals surface area (Å²) in [5, 5.41) is 19.4. The first-order valence-corrected chi connectivity index (χ1v) is 6.46. The summed E-state index contributed by atoms with van der Waals surface area (Å²) in [6, 6.07) is 5.22. The highest BCUT2D eigenvalue weighted by Crippen LogP contribution is 2.18. The van der Waals surface area contributed by atoms with Crippen LogP contribution < -0.4 is 5.32 Å². The van der Waals surface area contributed by atoms with Gasteiger partial charge in [0, 0.05) is 5.39 Å². The zero-order valence-corrected chi connectivity index (χ0v) is 11.4. The summed E-state index contributed by atoms with van der Waals surface area (Å²) in [6.45, 7) is 3.40. The number of aliphatic carboxylic acids is 1. The molecule has 1 heterocycles. The second-order valence-corrected chi connectivity index (χ2v) is 4.98. The molecule has 106 valence electrons. The number of nitrogens with one attached hydrogen (secondary N) is 2. The minimum Gasteiger partial charge on any atom is -0.480 e. The second-order valence-electron chi connectivity index (χ2n) is 4.98. The number of nitrogens with zero attached hydrogens (tertiary/aromatic N) is 1. The van der Waals surface area contributed by atoms with Gasteiger partial charge in [-0.1, -0.05) is 25.5 Å². The van der Waals surface area contributed by atoms with E-state index in [-0.39, 0.29) is 0 Å². The van der Waals surface area contributed by atoms with Crippen LogP contribution in [0.3, 0.4) is 0 Å². The van der Waals surface area contributed by atoms with Crippen LogP contribution in [0.5, 0.6) is 0 Å². The smallest absolute Gasteiger partial charge is 0.329 e. The number of H-pyrrole nitrogens is 1. The fourth-order valence-corrected chi connectivity index (χ4v) is 2.20. The fourth-order valence-electron chi connectivity index (χ4n) is 2.20. The molecule has 1 amide bonds. The number of benzene rings is 1. The van der Waals surface area contributed by atoms with Crippen molar-refractivity contribution in [3.63, 3.8) is 0 Å². The molecule has 0 bridgehead atoms. The molecule has 1 aromatic carbocycles. The normalized spacial score (nSPS) is 13.9. The number of hydrogen-bond donors (Lipinski definition) is 3. The Morgan fingerprint density at radius 2 is 2.20 bits per heavy atom. The van der Waals surface area contributed by atoms with Crippen LogP contribution in [0.2, 0.25) is 0 Å². The zero-order valence-electron chi connectivity index (χ0n) is 11.4. The largest absolute Gasteiger partial charge is 0.480 e. The number of carbonyl (C=O) groups is 2. The van der Waals surface area contributed by atoms with E-state index in [0.717, 1.165) is 5.39 Å². The van der Waals surface area contributed by atoms with Crippen molar-refractivity contribution >= 4 is 22.8 Å². The van der Waals surface area contributed by atoms with E-state index >= 15 is 0 Å². The molecule has 0 fully saturated rings. The Morgan fingerprint density at radius 3 is 2.85 bits per heavy atom. The molecule has 0 saturated carbocycles. The number of aromatic amines is 1. The molecule has 0 spiro atoms. The van der Waals surface area contributed by atoms with Crippen LogP contribution in [0, 0.1) is 0 Å². The SMILES string of the molecule is CCCC(C)(NC(=O)c1cccc2cn[nH]c12)C(=O)O. The molecule has 2 aromatic rings. The van der Waals surface area contributed by atoms with E-state index in [1.165, 1.54) is 6.92 Å². The topological polar surface area (TPSA) is 95.1 Å². The van der Waals surface area contributed by atoms with Gasteiger partial charge in [0.15, 0.2) is 0 Å². The molecule has 20 heavy (non-hydrogen) atoms. The minimum absolute atomic E-state index is 0.368. The molecule has 0 aliphatic rings. The number of carbonyl (C=O) groups excluding carboxylic acids is 1. The maximum Gasteiger partial charge on any atom is 0.329 e. The zero-order chi connectivity index (χ0) is 14.8. The Bertz CT molecular complexity index is 650. The molecular formula is C14H17N3O3. The van der Waals surface area contributed by atoms with E-state index in [1.807, 2.05) is 13.0 Å². The Balaban J connectivity index is 2.32. The highest BCUT2D eigenvalue weighted by molar-refractivity contribution is 6.06. The fraction of sp³-hybridized carbons (Fsp3) is 0.357. The van der Waals surface area contributed by atoms with Crippen molar-refractivity contribution in [1.82, 2.24) is 15.5 Å². The molecular weight excluding hydrogens is 258 g/mol. The molecule has 2 rings (SSSR count). The lowest BCUT2D eigenvalue weighted by Gasteiger charge is -2.25. The number of fused-ring (bicyclic) bond motifs is 1. The lowest BCUT2D eigenvalue weighted by molar-refractivity contribution is -0.144. The molecule has 0 radical (unpaired) electrons. The first-order chi connectivity index (χ1) is 9.48. The van der Waals surface area contributed by atoms with Crippen LogP contribution in [0.1, 0.15) is 37.0 Å². The third-order valence-corrected chi connectivity index (χ3v) is 3.33. The average molecular weight is 275 g/mol. The van der Waals surface area contributed by atoms with E-state index < -0.39 is 17.4 Å². The molecule has 3 N–H and O–H groups in total. The quantitative estimate of drug-likeness (QED) is 0.777. The van der Waals surface area contributed by atoms with E-state index in [4.69, 9.17) is 0 Å². The summed E-state index contributed by atoms with van der Waals surface area (Å²) in [7, 11) is 0. The highest BCUT2D eigenvalue weighted by atomic mass is 16.4. The van der Waals surface area contributed by atoms with Crippen LogP contribution in [0.4, 0.5) is 0 Å². The van der Waals surface area contributed by atoms with Crippen LogP contribution in [-0.2, 0) is 4.79 Å². The van der Waals surface area contributed by atoms with Gasteiger partial charge >= 0.3 is 5.97 Å². The monoisotopic (exact) mass is 275 g/mol. The van der Waals surface area contributed by atoms with Crippen molar-refractivity contribution in [2.45, 2.75) is 32.2 Å². The predicted octanol–water partition coefficient (Wildman–Crippen LogP) is 1.94. The Labute approximate surface area is 116 Å². The van der Waals surface area contributed by atoms with E-state index in [2.05, 4.69) is 15.5 Å². The number of carboxylic acids is 1.